The molecule has 1 N–H and O–H groups in total. The Morgan fingerprint density at radius 3 is 2.64 bits per heavy atom. The molecule has 0 saturated carbocycles. The van der Waals surface area contributed by atoms with Crippen molar-refractivity contribution in [3.8, 4) is 5.88 Å². The number of hydrogen-bond donors (Lipinski definition) is 1. The van der Waals surface area contributed by atoms with Crippen LogP contribution in [0.15, 0.2) is 18.3 Å². The summed E-state index contributed by atoms with van der Waals surface area (Å²) in [4.78, 5) is 4.23. The fourth-order valence-electron chi connectivity index (χ4n) is 1.21. The Morgan fingerprint density at radius 1 is 1.36 bits per heavy atom. The number of pyridine rings is 1. The first kappa shape index (κ1) is 11.0. The third-order valence-electron chi connectivity index (χ3n) is 2.05. The molecular formula is C11H18N2O. The fourth-order valence-corrected chi connectivity index (χ4v) is 1.21. The van der Waals surface area contributed by atoms with E-state index in [9.17, 15) is 0 Å². The number of ether oxygens (including phenoxy) is 1. The van der Waals surface area contributed by atoms with Gasteiger partial charge in [0.1, 0.15) is 0 Å². The zero-order valence-corrected chi connectivity index (χ0v) is 9.24. The molecule has 1 heterocycles. The number of rotatable bonds is 4. The van der Waals surface area contributed by atoms with Gasteiger partial charge in [-0.25, -0.2) is 4.98 Å². The molecule has 0 aromatic carbocycles. The van der Waals surface area contributed by atoms with Gasteiger partial charge in [-0.15, -0.1) is 0 Å². The van der Waals surface area contributed by atoms with Crippen LogP contribution in [-0.4, -0.2) is 18.1 Å². The monoisotopic (exact) mass is 194 g/mol. The molecule has 14 heavy (non-hydrogen) atoms. The molecule has 0 aliphatic heterocycles. The second-order valence-corrected chi connectivity index (χ2v) is 3.57. The maximum absolute atomic E-state index is 5.62. The standard InChI is InChI=1S/C11H18N2O/c1-8(2)14-11-10(9(3)12-4)6-5-7-13-11/h5-9,12H,1-4H3. The molecular weight excluding hydrogens is 176 g/mol. The first-order chi connectivity index (χ1) is 6.65. The fraction of sp³-hybridized carbons (Fsp3) is 0.545. The van der Waals surface area contributed by atoms with Crippen molar-refractivity contribution < 1.29 is 4.74 Å². The number of aromatic nitrogens is 1. The minimum Gasteiger partial charge on any atom is -0.475 e. The van der Waals surface area contributed by atoms with Gasteiger partial charge in [-0.05, 0) is 33.9 Å². The van der Waals surface area contributed by atoms with Crippen molar-refractivity contribution in [2.75, 3.05) is 7.05 Å². The van der Waals surface area contributed by atoms with Crippen LogP contribution in [0.2, 0.25) is 0 Å². The minimum absolute atomic E-state index is 0.160. The average Bonchev–Trinajstić information content (AvgIpc) is 2.16. The highest BCUT2D eigenvalue weighted by atomic mass is 16.5. The molecule has 78 valence electrons. The Balaban J connectivity index is 2.91. The lowest BCUT2D eigenvalue weighted by Crippen LogP contribution is -2.16. The molecule has 0 spiro atoms. The largest absolute Gasteiger partial charge is 0.475 e. The first-order valence-corrected chi connectivity index (χ1v) is 4.94. The highest BCUT2D eigenvalue weighted by Gasteiger charge is 2.11. The summed E-state index contributed by atoms with van der Waals surface area (Å²) >= 11 is 0. The lowest BCUT2D eigenvalue weighted by atomic mass is 10.1. The van der Waals surface area contributed by atoms with Crippen LogP contribution >= 0.6 is 0 Å². The quantitative estimate of drug-likeness (QED) is 0.797. The van der Waals surface area contributed by atoms with Gasteiger partial charge in [0.15, 0.2) is 0 Å². The van der Waals surface area contributed by atoms with Crippen LogP contribution in [0.1, 0.15) is 32.4 Å². The molecule has 3 nitrogen and oxygen atoms in total. The molecule has 1 rings (SSSR count). The Kier molecular flexibility index (Phi) is 3.89. The van der Waals surface area contributed by atoms with Gasteiger partial charge in [-0.3, -0.25) is 0 Å². The normalized spacial score (nSPS) is 12.9. The van der Waals surface area contributed by atoms with Gasteiger partial charge >= 0.3 is 0 Å². The SMILES string of the molecule is CNC(C)c1cccnc1OC(C)C. The van der Waals surface area contributed by atoms with Gasteiger partial charge in [0, 0.05) is 17.8 Å². The third-order valence-corrected chi connectivity index (χ3v) is 2.05. The zero-order valence-electron chi connectivity index (χ0n) is 9.24. The summed E-state index contributed by atoms with van der Waals surface area (Å²) in [5.74, 6) is 0.726. The van der Waals surface area contributed by atoms with Crippen molar-refractivity contribution in [1.82, 2.24) is 10.3 Å². The zero-order chi connectivity index (χ0) is 10.6. The van der Waals surface area contributed by atoms with Crippen LogP contribution in [0.25, 0.3) is 0 Å². The molecule has 1 aromatic heterocycles. The number of hydrogen-bond acceptors (Lipinski definition) is 3. The Labute approximate surface area is 85.5 Å². The minimum atomic E-state index is 0.160. The molecule has 1 atom stereocenters. The molecule has 0 saturated heterocycles. The van der Waals surface area contributed by atoms with Gasteiger partial charge in [0.05, 0.1) is 6.10 Å². The molecule has 1 aromatic rings. The van der Waals surface area contributed by atoms with E-state index in [1.165, 1.54) is 0 Å². The van der Waals surface area contributed by atoms with Crippen LogP contribution < -0.4 is 10.1 Å². The topological polar surface area (TPSA) is 34.2 Å². The van der Waals surface area contributed by atoms with Gasteiger partial charge in [-0.2, -0.15) is 0 Å². The van der Waals surface area contributed by atoms with E-state index >= 15 is 0 Å². The smallest absolute Gasteiger partial charge is 0.218 e. The highest BCUT2D eigenvalue weighted by molar-refractivity contribution is 5.28. The van der Waals surface area contributed by atoms with Crippen LogP contribution in [-0.2, 0) is 0 Å². The Bertz CT molecular complexity index is 286. The summed E-state index contributed by atoms with van der Waals surface area (Å²) in [7, 11) is 1.93. The number of nitrogens with zero attached hydrogens (tertiary/aromatic N) is 1. The van der Waals surface area contributed by atoms with Crippen molar-refractivity contribution in [3.05, 3.63) is 23.9 Å². The van der Waals surface area contributed by atoms with Crippen molar-refractivity contribution >= 4 is 0 Å². The summed E-state index contributed by atoms with van der Waals surface area (Å²) < 4.78 is 5.62. The van der Waals surface area contributed by atoms with Crippen LogP contribution in [0.3, 0.4) is 0 Å². The molecule has 1 unspecified atom stereocenters. The van der Waals surface area contributed by atoms with Crippen LogP contribution in [0.4, 0.5) is 0 Å². The predicted molar refractivity (Wildman–Crippen MR) is 57.5 cm³/mol. The molecule has 0 bridgehead atoms. The molecule has 0 radical (unpaired) electrons. The lowest BCUT2D eigenvalue weighted by Gasteiger charge is -2.16. The molecule has 0 amide bonds. The summed E-state index contributed by atoms with van der Waals surface area (Å²) in [6, 6.07) is 4.22. The maximum atomic E-state index is 5.62. The van der Waals surface area contributed by atoms with E-state index in [0.717, 1.165) is 11.4 Å². The Morgan fingerprint density at radius 2 is 2.07 bits per heavy atom. The molecule has 0 aliphatic rings. The summed E-state index contributed by atoms with van der Waals surface area (Å²) in [5, 5.41) is 3.17. The van der Waals surface area contributed by atoms with Crippen molar-refractivity contribution in [2.45, 2.75) is 32.9 Å². The van der Waals surface area contributed by atoms with Crippen LogP contribution in [0, 0.1) is 0 Å². The molecule has 3 heteroatoms. The van der Waals surface area contributed by atoms with Crippen molar-refractivity contribution in [2.24, 2.45) is 0 Å². The summed E-state index contributed by atoms with van der Waals surface area (Å²) in [6.07, 6.45) is 1.91. The summed E-state index contributed by atoms with van der Waals surface area (Å²) in [5.41, 5.74) is 1.10. The average molecular weight is 194 g/mol. The van der Waals surface area contributed by atoms with Crippen molar-refractivity contribution in [3.63, 3.8) is 0 Å². The van der Waals surface area contributed by atoms with E-state index in [1.807, 2.05) is 33.0 Å². The predicted octanol–water partition coefficient (Wildman–Crippen LogP) is 2.15. The highest BCUT2D eigenvalue weighted by Crippen LogP contribution is 2.22. The Hall–Kier alpha value is -1.09. The molecule has 0 fully saturated rings. The van der Waals surface area contributed by atoms with Gasteiger partial charge in [0.2, 0.25) is 5.88 Å². The third kappa shape index (κ3) is 2.70. The van der Waals surface area contributed by atoms with E-state index in [4.69, 9.17) is 4.74 Å². The summed E-state index contributed by atoms with van der Waals surface area (Å²) in [6.45, 7) is 6.09. The van der Waals surface area contributed by atoms with E-state index in [-0.39, 0.29) is 12.1 Å². The van der Waals surface area contributed by atoms with Gasteiger partial charge in [0.25, 0.3) is 0 Å². The van der Waals surface area contributed by atoms with E-state index in [1.54, 1.807) is 6.20 Å². The second-order valence-electron chi connectivity index (χ2n) is 3.57. The van der Waals surface area contributed by atoms with Crippen molar-refractivity contribution in [1.29, 1.82) is 0 Å². The first-order valence-electron chi connectivity index (χ1n) is 4.94. The van der Waals surface area contributed by atoms with E-state index < -0.39 is 0 Å². The van der Waals surface area contributed by atoms with E-state index in [0.29, 0.717) is 0 Å². The molecule has 0 aliphatic carbocycles. The van der Waals surface area contributed by atoms with Crippen LogP contribution in [0.5, 0.6) is 5.88 Å². The van der Waals surface area contributed by atoms with Gasteiger partial charge < -0.3 is 10.1 Å². The number of nitrogens with one attached hydrogen (secondary N) is 1. The van der Waals surface area contributed by atoms with Gasteiger partial charge in [-0.1, -0.05) is 6.07 Å². The maximum Gasteiger partial charge on any atom is 0.218 e. The van der Waals surface area contributed by atoms with E-state index in [2.05, 4.69) is 17.2 Å². The second kappa shape index (κ2) is 4.96. The lowest BCUT2D eigenvalue weighted by molar-refractivity contribution is 0.228.